The van der Waals surface area contributed by atoms with Crippen LogP contribution in [0.15, 0.2) is 16.3 Å². The fraction of sp³-hybridized carbons (Fsp3) is 0.444. The van der Waals surface area contributed by atoms with Crippen LogP contribution in [0.5, 0.6) is 0 Å². The van der Waals surface area contributed by atoms with Crippen molar-refractivity contribution in [1.29, 1.82) is 0 Å². The maximum absolute atomic E-state index is 11.9. The number of sulfonamides is 1. The van der Waals surface area contributed by atoms with Gasteiger partial charge in [0.25, 0.3) is 0 Å². The zero-order valence-electron chi connectivity index (χ0n) is 9.06. The average molecular weight is 278 g/mol. The van der Waals surface area contributed by atoms with E-state index in [2.05, 4.69) is 4.72 Å². The third-order valence-corrected chi connectivity index (χ3v) is 5.09. The van der Waals surface area contributed by atoms with Gasteiger partial charge < -0.3 is 5.73 Å². The first-order chi connectivity index (χ1) is 7.31. The van der Waals surface area contributed by atoms with Crippen LogP contribution in [0.1, 0.15) is 18.2 Å². The molecule has 3 N–H and O–H groups in total. The molecule has 1 aromatic rings. The summed E-state index contributed by atoms with van der Waals surface area (Å²) in [5, 5.41) is 0. The molecule has 1 aromatic heterocycles. The van der Waals surface area contributed by atoms with Crippen molar-refractivity contribution in [2.75, 3.05) is 0 Å². The van der Waals surface area contributed by atoms with E-state index in [1.54, 1.807) is 19.1 Å². The van der Waals surface area contributed by atoms with Crippen molar-refractivity contribution in [2.24, 2.45) is 5.73 Å². The van der Waals surface area contributed by atoms with Gasteiger partial charge in [0.2, 0.25) is 10.0 Å². The predicted octanol–water partition coefficient (Wildman–Crippen LogP) is 1.40. The van der Waals surface area contributed by atoms with Crippen molar-refractivity contribution in [3.8, 4) is 0 Å². The lowest BCUT2D eigenvalue weighted by molar-refractivity contribution is 0.567. The monoisotopic (exact) mass is 278 g/mol. The molecule has 1 rings (SSSR count). The lowest BCUT2D eigenvalue weighted by atomic mass is 10.3. The molecule has 0 fully saturated rings. The Kier molecular flexibility index (Phi) is 4.43. The van der Waals surface area contributed by atoms with Crippen LogP contribution in [0, 0.1) is 6.92 Å². The van der Waals surface area contributed by atoms with E-state index in [9.17, 15) is 8.42 Å². The molecule has 0 aromatic carbocycles. The Bertz CT molecular complexity index is 479. The predicted molar refractivity (Wildman–Crippen MR) is 70.2 cm³/mol. The number of rotatable bonds is 5. The number of thiophene rings is 1. The van der Waals surface area contributed by atoms with Crippen LogP contribution in [0.3, 0.4) is 0 Å². The Hall–Kier alpha value is -0.500. The van der Waals surface area contributed by atoms with E-state index in [0.717, 1.165) is 4.88 Å². The molecule has 1 unspecified atom stereocenters. The van der Waals surface area contributed by atoms with Gasteiger partial charge in [0.15, 0.2) is 0 Å². The fourth-order valence-electron chi connectivity index (χ4n) is 1.22. The third-order valence-electron chi connectivity index (χ3n) is 1.84. The molecule has 0 spiro atoms. The highest BCUT2D eigenvalue weighted by Crippen LogP contribution is 2.20. The summed E-state index contributed by atoms with van der Waals surface area (Å²) in [6, 6.07) is 3.08. The summed E-state index contributed by atoms with van der Waals surface area (Å²) >= 11 is 5.97. The molecule has 0 aliphatic carbocycles. The summed E-state index contributed by atoms with van der Waals surface area (Å²) in [4.78, 5) is 1.26. The topological polar surface area (TPSA) is 72.2 Å². The van der Waals surface area contributed by atoms with Crippen molar-refractivity contribution < 1.29 is 8.42 Å². The van der Waals surface area contributed by atoms with Gasteiger partial charge in [-0.25, -0.2) is 13.1 Å². The highest BCUT2D eigenvalue weighted by atomic mass is 32.2. The third kappa shape index (κ3) is 3.82. The number of nitrogens with two attached hydrogens (primary N) is 1. The largest absolute Gasteiger partial charge is 0.393 e. The molecule has 0 aliphatic rings. The van der Waals surface area contributed by atoms with Gasteiger partial charge in [0.05, 0.1) is 4.99 Å². The molecule has 0 saturated heterocycles. The normalized spacial score (nSPS) is 13.6. The molecule has 0 bridgehead atoms. The van der Waals surface area contributed by atoms with Gasteiger partial charge in [-0.2, -0.15) is 0 Å². The zero-order valence-corrected chi connectivity index (χ0v) is 11.5. The first-order valence-corrected chi connectivity index (χ1v) is 7.39. The molecule has 7 heteroatoms. The first kappa shape index (κ1) is 13.6. The molecule has 0 amide bonds. The van der Waals surface area contributed by atoms with Gasteiger partial charge in [-0.05, 0) is 26.0 Å². The minimum Gasteiger partial charge on any atom is -0.393 e. The number of aryl methyl sites for hydroxylation is 1. The molecule has 0 radical (unpaired) electrons. The van der Waals surface area contributed by atoms with Crippen LogP contribution >= 0.6 is 23.6 Å². The van der Waals surface area contributed by atoms with Crippen LogP contribution in [-0.2, 0) is 10.0 Å². The Morgan fingerprint density at radius 1 is 1.62 bits per heavy atom. The standard InChI is InChI=1S/C9H14N2O2S3/c1-6(5-8(10)14)11-16(12,13)9-4-3-7(2)15-9/h3-4,6,11H,5H2,1-2H3,(H2,10,14). The molecule has 0 aliphatic heterocycles. The van der Waals surface area contributed by atoms with Gasteiger partial charge in [0.1, 0.15) is 4.21 Å². The smallest absolute Gasteiger partial charge is 0.250 e. The molecule has 0 saturated carbocycles. The van der Waals surface area contributed by atoms with E-state index in [4.69, 9.17) is 18.0 Å². The maximum atomic E-state index is 11.9. The minimum atomic E-state index is -3.43. The van der Waals surface area contributed by atoms with E-state index in [1.807, 2.05) is 6.92 Å². The number of hydrogen-bond acceptors (Lipinski definition) is 4. The van der Waals surface area contributed by atoms with Crippen LogP contribution in [0.2, 0.25) is 0 Å². The van der Waals surface area contributed by atoms with Crippen molar-refractivity contribution >= 4 is 38.6 Å². The Labute approximate surface area is 105 Å². The lowest BCUT2D eigenvalue weighted by Gasteiger charge is -2.12. The Morgan fingerprint density at radius 2 is 2.25 bits per heavy atom. The van der Waals surface area contributed by atoms with E-state index in [-0.39, 0.29) is 6.04 Å². The number of hydrogen-bond donors (Lipinski definition) is 2. The van der Waals surface area contributed by atoms with Gasteiger partial charge >= 0.3 is 0 Å². The highest BCUT2D eigenvalue weighted by Gasteiger charge is 2.19. The highest BCUT2D eigenvalue weighted by molar-refractivity contribution is 7.91. The van der Waals surface area contributed by atoms with Crippen LogP contribution < -0.4 is 10.5 Å². The average Bonchev–Trinajstić information content (AvgIpc) is 2.49. The molecule has 16 heavy (non-hydrogen) atoms. The summed E-state index contributed by atoms with van der Waals surface area (Å²) in [5.74, 6) is 0. The van der Waals surface area contributed by atoms with Crippen LogP contribution in [0.4, 0.5) is 0 Å². The van der Waals surface area contributed by atoms with E-state index in [1.165, 1.54) is 11.3 Å². The first-order valence-electron chi connectivity index (χ1n) is 4.68. The molecule has 1 atom stereocenters. The van der Waals surface area contributed by atoms with Crippen LogP contribution in [0.25, 0.3) is 0 Å². The quantitative estimate of drug-likeness (QED) is 0.799. The summed E-state index contributed by atoms with van der Waals surface area (Å²) < 4.78 is 26.6. The Balaban J connectivity index is 2.76. The second kappa shape index (κ2) is 5.22. The van der Waals surface area contributed by atoms with E-state index < -0.39 is 10.0 Å². The van der Waals surface area contributed by atoms with Crippen molar-refractivity contribution in [3.63, 3.8) is 0 Å². The van der Waals surface area contributed by atoms with Gasteiger partial charge in [-0.3, -0.25) is 0 Å². The van der Waals surface area contributed by atoms with E-state index in [0.29, 0.717) is 15.6 Å². The zero-order chi connectivity index (χ0) is 12.3. The maximum Gasteiger partial charge on any atom is 0.250 e. The summed E-state index contributed by atoms with van der Waals surface area (Å²) in [5.41, 5.74) is 5.35. The second-order valence-corrected chi connectivity index (χ2v) is 7.31. The molecule has 4 nitrogen and oxygen atoms in total. The molecular weight excluding hydrogens is 264 g/mol. The molecular formula is C9H14N2O2S3. The fourth-order valence-corrected chi connectivity index (χ4v) is 4.02. The number of nitrogens with one attached hydrogen (secondary N) is 1. The van der Waals surface area contributed by atoms with E-state index >= 15 is 0 Å². The summed E-state index contributed by atoms with van der Waals surface area (Å²) in [7, 11) is -3.43. The van der Waals surface area contributed by atoms with Crippen molar-refractivity contribution in [3.05, 3.63) is 17.0 Å². The van der Waals surface area contributed by atoms with Crippen molar-refractivity contribution in [1.82, 2.24) is 4.72 Å². The second-order valence-electron chi connectivity index (χ2n) is 3.56. The van der Waals surface area contributed by atoms with Gasteiger partial charge in [-0.1, -0.05) is 12.2 Å². The summed E-state index contributed by atoms with van der Waals surface area (Å²) in [6.07, 6.45) is 0.360. The lowest BCUT2D eigenvalue weighted by Crippen LogP contribution is -2.34. The Morgan fingerprint density at radius 3 is 2.69 bits per heavy atom. The van der Waals surface area contributed by atoms with Gasteiger partial charge in [-0.15, -0.1) is 11.3 Å². The minimum absolute atomic E-state index is 0.287. The van der Waals surface area contributed by atoms with Crippen LogP contribution in [-0.4, -0.2) is 19.4 Å². The number of thiocarbonyl (C=S) groups is 1. The summed E-state index contributed by atoms with van der Waals surface area (Å²) in [6.45, 7) is 3.60. The van der Waals surface area contributed by atoms with Gasteiger partial charge in [0, 0.05) is 17.3 Å². The molecule has 90 valence electrons. The SMILES string of the molecule is Cc1ccc(S(=O)(=O)NC(C)CC(N)=S)s1. The molecule has 1 heterocycles. The van der Waals surface area contributed by atoms with Crippen molar-refractivity contribution in [2.45, 2.75) is 30.5 Å².